The van der Waals surface area contributed by atoms with Crippen LogP contribution in [0, 0.1) is 28.1 Å². The molecule has 0 spiro atoms. The molecule has 1 fully saturated rings. The molecule has 1 aliphatic rings. The zero-order valence-corrected chi connectivity index (χ0v) is 15.5. The van der Waals surface area contributed by atoms with Gasteiger partial charge < -0.3 is 14.8 Å². The maximum Gasteiger partial charge on any atom is 0.408 e. The normalized spacial score (nSPS) is 25.8. The second kappa shape index (κ2) is 7.88. The summed E-state index contributed by atoms with van der Waals surface area (Å²) in [5.74, 6) is 0.362. The van der Waals surface area contributed by atoms with Crippen LogP contribution < -0.4 is 5.32 Å². The van der Waals surface area contributed by atoms with Crippen molar-refractivity contribution >= 4 is 6.09 Å². The third-order valence-electron chi connectivity index (χ3n) is 6.11. The van der Waals surface area contributed by atoms with Gasteiger partial charge in [0, 0.05) is 19.1 Å². The van der Waals surface area contributed by atoms with E-state index in [2.05, 4.69) is 32.2 Å². The van der Waals surface area contributed by atoms with Gasteiger partial charge in [-0.05, 0) is 29.7 Å². The number of ether oxygens (including phenoxy) is 2. The third kappa shape index (κ3) is 3.96. The van der Waals surface area contributed by atoms with Gasteiger partial charge in [-0.3, -0.25) is 0 Å². The van der Waals surface area contributed by atoms with E-state index in [0.717, 1.165) is 18.4 Å². The summed E-state index contributed by atoms with van der Waals surface area (Å²) in [4.78, 5) is 12.2. The number of hydrogen-bond acceptors (Lipinski definition) is 4. The summed E-state index contributed by atoms with van der Waals surface area (Å²) in [6, 6.07) is 11.2. The molecule has 25 heavy (non-hydrogen) atoms. The molecule has 1 amide bonds. The molecule has 5 heteroatoms. The lowest BCUT2D eigenvalue weighted by Crippen LogP contribution is -2.51. The van der Waals surface area contributed by atoms with E-state index in [4.69, 9.17) is 9.47 Å². The molecule has 0 radical (unpaired) electrons. The molecule has 136 valence electrons. The van der Waals surface area contributed by atoms with Crippen molar-refractivity contribution in [3.63, 3.8) is 0 Å². The van der Waals surface area contributed by atoms with E-state index < -0.39 is 12.1 Å². The summed E-state index contributed by atoms with van der Waals surface area (Å²) in [5.41, 5.74) is 0.450. The van der Waals surface area contributed by atoms with Gasteiger partial charge in [0.25, 0.3) is 0 Å². The first-order chi connectivity index (χ1) is 11.8. The summed E-state index contributed by atoms with van der Waals surface area (Å²) in [7, 11) is 1.70. The zero-order valence-electron chi connectivity index (χ0n) is 15.5. The number of alkyl carbamates (subject to hydrolysis) is 1. The average molecular weight is 344 g/mol. The number of nitrogens with zero attached hydrogens (tertiary/aromatic N) is 1. The van der Waals surface area contributed by atoms with Crippen LogP contribution in [-0.4, -0.2) is 25.9 Å². The van der Waals surface area contributed by atoms with Crippen LogP contribution in [0.15, 0.2) is 30.3 Å². The molecule has 2 rings (SSSR count). The van der Waals surface area contributed by atoms with Crippen molar-refractivity contribution in [3.8, 4) is 6.07 Å². The molecule has 0 bridgehead atoms. The Labute approximate surface area is 150 Å². The van der Waals surface area contributed by atoms with E-state index in [1.54, 1.807) is 7.11 Å². The number of nitriles is 1. The van der Waals surface area contributed by atoms with Crippen molar-refractivity contribution in [2.24, 2.45) is 16.7 Å². The predicted octanol–water partition coefficient (Wildman–Crippen LogP) is 3.89. The minimum absolute atomic E-state index is 0.129. The van der Waals surface area contributed by atoms with Crippen molar-refractivity contribution in [1.82, 2.24) is 5.32 Å². The highest BCUT2D eigenvalue weighted by atomic mass is 16.5. The average Bonchev–Trinajstić information content (AvgIpc) is 2.83. The van der Waals surface area contributed by atoms with Gasteiger partial charge in [0.15, 0.2) is 0 Å². The standard InChI is InChI=1S/C20H28N2O3/c1-19(2)16(14-24-4)10-11-20(19,3)17(12-21)22-18(23)25-13-15-8-6-5-7-9-15/h5-9,16-17H,10-11,13-14H2,1-4H3,(H,22,23)/t16-,17?,20+/m1/s1. The predicted molar refractivity (Wildman–Crippen MR) is 95.7 cm³/mol. The Morgan fingerprint density at radius 3 is 2.64 bits per heavy atom. The van der Waals surface area contributed by atoms with Crippen molar-refractivity contribution in [2.75, 3.05) is 13.7 Å². The topological polar surface area (TPSA) is 71.3 Å². The van der Waals surface area contributed by atoms with Crippen LogP contribution in [-0.2, 0) is 16.1 Å². The van der Waals surface area contributed by atoms with Gasteiger partial charge in [-0.1, -0.05) is 51.1 Å². The van der Waals surface area contributed by atoms with Crippen molar-refractivity contribution in [3.05, 3.63) is 35.9 Å². The fourth-order valence-electron chi connectivity index (χ4n) is 3.85. The second-order valence-electron chi connectivity index (χ2n) is 7.60. The van der Waals surface area contributed by atoms with E-state index in [9.17, 15) is 10.1 Å². The Hall–Kier alpha value is -2.06. The number of carbonyl (C=O) groups is 1. The summed E-state index contributed by atoms with van der Waals surface area (Å²) >= 11 is 0. The lowest BCUT2D eigenvalue weighted by atomic mass is 9.62. The largest absolute Gasteiger partial charge is 0.445 e. The number of benzene rings is 1. The molecule has 5 nitrogen and oxygen atoms in total. The van der Waals surface area contributed by atoms with Crippen LogP contribution in [0.2, 0.25) is 0 Å². The van der Waals surface area contributed by atoms with Crippen molar-refractivity contribution in [1.29, 1.82) is 5.26 Å². The first-order valence-electron chi connectivity index (χ1n) is 8.71. The van der Waals surface area contributed by atoms with Crippen LogP contribution in [0.5, 0.6) is 0 Å². The summed E-state index contributed by atoms with van der Waals surface area (Å²) in [6.07, 6.45) is 1.30. The molecular formula is C20H28N2O3. The fourth-order valence-corrected chi connectivity index (χ4v) is 3.85. The Kier molecular flexibility index (Phi) is 6.07. The van der Waals surface area contributed by atoms with Crippen LogP contribution in [0.3, 0.4) is 0 Å². The van der Waals surface area contributed by atoms with E-state index in [0.29, 0.717) is 12.5 Å². The monoisotopic (exact) mass is 344 g/mol. The molecule has 3 atom stereocenters. The minimum Gasteiger partial charge on any atom is -0.445 e. The highest BCUT2D eigenvalue weighted by Gasteiger charge is 2.55. The quantitative estimate of drug-likeness (QED) is 0.850. The number of nitrogens with one attached hydrogen (secondary N) is 1. The summed E-state index contributed by atoms with van der Waals surface area (Å²) in [5, 5.41) is 12.5. The number of amides is 1. The highest BCUT2D eigenvalue weighted by molar-refractivity contribution is 5.68. The molecule has 1 aromatic carbocycles. The van der Waals surface area contributed by atoms with E-state index in [1.807, 2.05) is 30.3 Å². The molecule has 1 N–H and O–H groups in total. The molecule has 1 unspecified atom stereocenters. The van der Waals surface area contributed by atoms with Gasteiger partial charge in [-0.2, -0.15) is 5.26 Å². The first-order valence-corrected chi connectivity index (χ1v) is 8.71. The lowest BCUT2D eigenvalue weighted by Gasteiger charge is -2.44. The third-order valence-corrected chi connectivity index (χ3v) is 6.11. The van der Waals surface area contributed by atoms with Crippen LogP contribution >= 0.6 is 0 Å². The summed E-state index contributed by atoms with van der Waals surface area (Å²) < 4.78 is 10.6. The van der Waals surface area contributed by atoms with E-state index >= 15 is 0 Å². The number of carbonyl (C=O) groups excluding carboxylic acids is 1. The second-order valence-corrected chi connectivity index (χ2v) is 7.60. The zero-order chi connectivity index (χ0) is 18.5. The highest BCUT2D eigenvalue weighted by Crippen LogP contribution is 2.57. The lowest BCUT2D eigenvalue weighted by molar-refractivity contribution is 0.0254. The molecule has 1 aliphatic carbocycles. The van der Waals surface area contributed by atoms with Gasteiger partial charge in [-0.15, -0.1) is 0 Å². The molecular weight excluding hydrogens is 316 g/mol. The maximum atomic E-state index is 12.2. The number of rotatable bonds is 6. The maximum absolute atomic E-state index is 12.2. The van der Waals surface area contributed by atoms with Crippen LogP contribution in [0.25, 0.3) is 0 Å². The molecule has 1 saturated carbocycles. The smallest absolute Gasteiger partial charge is 0.408 e. The van der Waals surface area contributed by atoms with Gasteiger partial charge >= 0.3 is 6.09 Å². The Bertz CT molecular complexity index is 624. The molecule has 0 aliphatic heterocycles. The Morgan fingerprint density at radius 1 is 1.36 bits per heavy atom. The number of hydrogen-bond donors (Lipinski definition) is 1. The molecule has 0 saturated heterocycles. The number of methoxy groups -OCH3 is 1. The summed E-state index contributed by atoms with van der Waals surface area (Å²) in [6.45, 7) is 7.25. The molecule has 1 aromatic rings. The SMILES string of the molecule is COC[C@H]1CC[C@@](C)(C(C#N)NC(=O)OCc2ccccc2)C1(C)C. The molecule has 0 heterocycles. The van der Waals surface area contributed by atoms with Crippen LogP contribution in [0.1, 0.15) is 39.2 Å². The van der Waals surface area contributed by atoms with Gasteiger partial charge in [0.05, 0.1) is 6.07 Å². The minimum atomic E-state index is -0.604. The fraction of sp³-hybridized carbons (Fsp3) is 0.600. The van der Waals surface area contributed by atoms with Gasteiger partial charge in [0.1, 0.15) is 12.6 Å². The van der Waals surface area contributed by atoms with Gasteiger partial charge in [0.2, 0.25) is 0 Å². The Morgan fingerprint density at radius 2 is 2.04 bits per heavy atom. The Balaban J connectivity index is 2.01. The van der Waals surface area contributed by atoms with Crippen molar-refractivity contribution < 1.29 is 14.3 Å². The molecule has 0 aromatic heterocycles. The van der Waals surface area contributed by atoms with Crippen LogP contribution in [0.4, 0.5) is 4.79 Å². The van der Waals surface area contributed by atoms with E-state index in [-0.39, 0.29) is 17.4 Å². The first kappa shape index (κ1) is 19.3. The van der Waals surface area contributed by atoms with Crippen molar-refractivity contribution in [2.45, 2.75) is 46.3 Å². The van der Waals surface area contributed by atoms with Gasteiger partial charge in [-0.25, -0.2) is 4.79 Å². The van der Waals surface area contributed by atoms with E-state index in [1.165, 1.54) is 0 Å².